The number of hydrogen-bond acceptors (Lipinski definition) is 6. The third-order valence-corrected chi connectivity index (χ3v) is 11.5. The molecule has 1 fully saturated rings. The molecule has 8 nitrogen and oxygen atoms in total. The number of ketones is 1. The second-order valence-electron chi connectivity index (χ2n) is 14.4. The first-order chi connectivity index (χ1) is 22.0. The number of imidazole rings is 1. The number of benzene rings is 1. The first-order valence-electron chi connectivity index (χ1n) is 15.7. The highest BCUT2D eigenvalue weighted by Gasteiger charge is 2.36. The Balaban J connectivity index is 1.61. The average molecular weight is 691 g/mol. The van der Waals surface area contributed by atoms with Gasteiger partial charge in [-0.3, -0.25) is 14.3 Å². The molecule has 1 aliphatic rings. The molecule has 0 N–H and O–H groups in total. The zero-order chi connectivity index (χ0) is 34.1. The molecule has 0 unspecified atom stereocenters. The minimum atomic E-state index is -4.72. The number of rotatable bonds is 14. The summed E-state index contributed by atoms with van der Waals surface area (Å²) in [6, 6.07) is 7.98. The van der Waals surface area contributed by atoms with Crippen molar-refractivity contribution in [2.75, 3.05) is 26.4 Å². The lowest BCUT2D eigenvalue weighted by Crippen LogP contribution is -2.27. The molecule has 47 heavy (non-hydrogen) atoms. The van der Waals surface area contributed by atoms with Gasteiger partial charge in [0.2, 0.25) is 0 Å². The van der Waals surface area contributed by atoms with E-state index in [4.69, 9.17) is 19.2 Å². The van der Waals surface area contributed by atoms with Crippen LogP contribution in [0.5, 0.6) is 0 Å². The van der Waals surface area contributed by atoms with Crippen LogP contribution < -0.4 is 0 Å². The molecule has 4 aromatic rings. The van der Waals surface area contributed by atoms with Gasteiger partial charge in [-0.05, 0) is 24.2 Å². The highest BCUT2D eigenvalue weighted by molar-refractivity contribution is 6.76. The number of halogens is 4. The van der Waals surface area contributed by atoms with Crippen molar-refractivity contribution in [3.63, 3.8) is 0 Å². The van der Waals surface area contributed by atoms with Crippen molar-refractivity contribution in [3.05, 3.63) is 70.9 Å². The lowest BCUT2D eigenvalue weighted by Gasteiger charge is -2.25. The average Bonchev–Trinajstić information content (AvgIpc) is 3.54. The smallest absolute Gasteiger partial charge is 0.380 e. The van der Waals surface area contributed by atoms with Gasteiger partial charge < -0.3 is 18.8 Å². The molecular weight excluding hydrogens is 649 g/mol. The number of carbonyl (C=O) groups is 1. The van der Waals surface area contributed by atoms with Crippen LogP contribution in [0.4, 0.5) is 17.6 Å². The maximum atomic E-state index is 16.2. The monoisotopic (exact) mass is 690 g/mol. The third kappa shape index (κ3) is 8.28. The van der Waals surface area contributed by atoms with Crippen LogP contribution >= 0.6 is 0 Å². The number of alkyl halides is 3. The predicted molar refractivity (Wildman–Crippen MR) is 178 cm³/mol. The highest BCUT2D eigenvalue weighted by Crippen LogP contribution is 2.35. The lowest BCUT2D eigenvalue weighted by molar-refractivity contribution is -0.137. The third-order valence-electron chi connectivity index (χ3n) is 8.09. The van der Waals surface area contributed by atoms with E-state index in [1.807, 2.05) is 0 Å². The van der Waals surface area contributed by atoms with Crippen LogP contribution in [-0.2, 0) is 33.8 Å². The van der Waals surface area contributed by atoms with E-state index in [0.29, 0.717) is 32.1 Å². The van der Waals surface area contributed by atoms with Crippen molar-refractivity contribution in [1.29, 1.82) is 0 Å². The topological polar surface area (TPSA) is 80.4 Å². The van der Waals surface area contributed by atoms with Gasteiger partial charge in [-0.25, -0.2) is 9.37 Å². The quantitative estimate of drug-likeness (QED) is 0.0577. The van der Waals surface area contributed by atoms with Crippen LogP contribution in [-0.4, -0.2) is 67.5 Å². The summed E-state index contributed by atoms with van der Waals surface area (Å²) in [6.45, 7) is 15.0. The van der Waals surface area contributed by atoms with E-state index in [0.717, 1.165) is 18.2 Å². The molecule has 254 valence electrons. The largest absolute Gasteiger partial charge is 0.417 e. The molecule has 0 saturated carbocycles. The number of pyridine rings is 1. The minimum Gasteiger partial charge on any atom is -0.380 e. The Morgan fingerprint density at radius 1 is 1.00 bits per heavy atom. The number of fused-ring (bicyclic) bond motifs is 1. The second-order valence-corrected chi connectivity index (χ2v) is 25.7. The Kier molecular flexibility index (Phi) is 10.3. The SMILES string of the molecule is C[Si](C)(C)CCOCn1cc(C(=O)c2ccccc2C(F)(F)F)cc1-c1nc2cnc(C3COC3)c(F)c2n1COCC[Si](C)(C)C. The summed E-state index contributed by atoms with van der Waals surface area (Å²) in [5.41, 5.74) is -0.309. The van der Waals surface area contributed by atoms with Gasteiger partial charge in [0.25, 0.3) is 0 Å². The van der Waals surface area contributed by atoms with E-state index in [1.54, 1.807) is 9.13 Å². The molecule has 1 aliphatic heterocycles. The van der Waals surface area contributed by atoms with E-state index in [-0.39, 0.29) is 47.5 Å². The Bertz CT molecular complexity index is 1740. The Morgan fingerprint density at radius 2 is 1.64 bits per heavy atom. The lowest BCUT2D eigenvalue weighted by atomic mass is 9.99. The van der Waals surface area contributed by atoms with Gasteiger partial charge >= 0.3 is 6.18 Å². The van der Waals surface area contributed by atoms with Crippen molar-refractivity contribution in [3.8, 4) is 11.5 Å². The summed E-state index contributed by atoms with van der Waals surface area (Å²) in [6.07, 6.45) is -1.73. The molecule has 0 spiro atoms. The van der Waals surface area contributed by atoms with Crippen molar-refractivity contribution in [2.24, 2.45) is 0 Å². The first-order valence-corrected chi connectivity index (χ1v) is 23.1. The molecule has 0 amide bonds. The van der Waals surface area contributed by atoms with Gasteiger partial charge in [-0.1, -0.05) is 57.5 Å². The maximum absolute atomic E-state index is 16.2. The molecule has 0 bridgehead atoms. The standard InChI is InChI=1S/C33H42F4N4O4Si2/c1-46(2,3)13-11-43-20-40-17-22(31(42)24-9-7-8-10-25(24)33(35,36)37)15-27(40)32-39-26-16-38-29(23-18-45-19-23)28(34)30(26)41(32)21-44-12-14-47(4,5)6/h7-10,15-17,23H,11-14,18-21H2,1-6H3. The molecule has 1 aromatic carbocycles. The Labute approximate surface area is 274 Å². The fraction of sp³-hybridized carbons (Fsp3) is 0.485. The maximum Gasteiger partial charge on any atom is 0.417 e. The van der Waals surface area contributed by atoms with Gasteiger partial charge in [0.15, 0.2) is 17.4 Å². The van der Waals surface area contributed by atoms with Gasteiger partial charge in [0, 0.05) is 46.7 Å². The van der Waals surface area contributed by atoms with Crippen LogP contribution in [0.15, 0.2) is 42.7 Å². The van der Waals surface area contributed by atoms with Crippen molar-refractivity contribution < 1.29 is 36.6 Å². The number of ether oxygens (including phenoxy) is 3. The minimum absolute atomic E-state index is 0.0130. The molecule has 0 aliphatic carbocycles. The second kappa shape index (κ2) is 13.7. The van der Waals surface area contributed by atoms with Crippen LogP contribution in [0.2, 0.25) is 51.4 Å². The zero-order valence-corrected chi connectivity index (χ0v) is 29.7. The summed E-state index contributed by atoms with van der Waals surface area (Å²) < 4.78 is 78.5. The molecule has 1 saturated heterocycles. The zero-order valence-electron chi connectivity index (χ0n) is 27.7. The number of carbonyl (C=O) groups excluding carboxylic acids is 1. The van der Waals surface area contributed by atoms with Crippen molar-refractivity contribution >= 4 is 33.0 Å². The predicted octanol–water partition coefficient (Wildman–Crippen LogP) is 8.03. The van der Waals surface area contributed by atoms with E-state index < -0.39 is 45.1 Å². The fourth-order valence-electron chi connectivity index (χ4n) is 5.19. The van der Waals surface area contributed by atoms with Crippen LogP contribution in [0.1, 0.15) is 33.1 Å². The van der Waals surface area contributed by atoms with E-state index in [9.17, 15) is 18.0 Å². The first kappa shape index (κ1) is 35.1. The molecule has 5 rings (SSSR count). The number of aromatic nitrogens is 4. The van der Waals surface area contributed by atoms with Crippen LogP contribution in [0.3, 0.4) is 0 Å². The van der Waals surface area contributed by atoms with Crippen LogP contribution in [0, 0.1) is 5.82 Å². The highest BCUT2D eigenvalue weighted by atomic mass is 28.3. The van der Waals surface area contributed by atoms with Gasteiger partial charge in [-0.15, -0.1) is 0 Å². The van der Waals surface area contributed by atoms with Gasteiger partial charge in [-0.2, -0.15) is 13.2 Å². The van der Waals surface area contributed by atoms with Gasteiger partial charge in [0.05, 0.1) is 42.3 Å². The normalized spacial score (nSPS) is 14.6. The molecule has 14 heteroatoms. The fourth-order valence-corrected chi connectivity index (χ4v) is 6.70. The van der Waals surface area contributed by atoms with E-state index in [2.05, 4.69) is 44.3 Å². The summed E-state index contributed by atoms with van der Waals surface area (Å²) >= 11 is 0. The number of nitrogens with zero attached hydrogens (tertiary/aromatic N) is 4. The molecule has 0 radical (unpaired) electrons. The van der Waals surface area contributed by atoms with Crippen molar-refractivity contribution in [1.82, 2.24) is 19.1 Å². The van der Waals surface area contributed by atoms with Crippen molar-refractivity contribution in [2.45, 2.75) is 76.9 Å². The molecule has 0 atom stereocenters. The van der Waals surface area contributed by atoms with Gasteiger partial charge in [0.1, 0.15) is 24.5 Å². The van der Waals surface area contributed by atoms with Crippen LogP contribution in [0.25, 0.3) is 22.6 Å². The molecular formula is C33H42F4N4O4Si2. The summed E-state index contributed by atoms with van der Waals surface area (Å²) in [4.78, 5) is 22.8. The number of hydrogen-bond donors (Lipinski definition) is 0. The molecule has 4 heterocycles. The Morgan fingerprint density at radius 3 is 2.23 bits per heavy atom. The van der Waals surface area contributed by atoms with E-state index >= 15 is 4.39 Å². The summed E-state index contributed by atoms with van der Waals surface area (Å²) in [5.74, 6) is -1.22. The Hall–Kier alpha value is -3.18. The molecule has 3 aromatic heterocycles. The summed E-state index contributed by atoms with van der Waals surface area (Å²) in [7, 11) is -2.85. The van der Waals surface area contributed by atoms with E-state index in [1.165, 1.54) is 36.7 Å². The summed E-state index contributed by atoms with van der Waals surface area (Å²) in [5, 5.41) is 0.